The van der Waals surface area contributed by atoms with E-state index >= 15 is 0 Å². The Hall–Kier alpha value is -3.05. The highest BCUT2D eigenvalue weighted by Gasteiger charge is 2.37. The van der Waals surface area contributed by atoms with Gasteiger partial charge in [-0.3, -0.25) is 14.3 Å². The van der Waals surface area contributed by atoms with Crippen molar-refractivity contribution in [2.75, 3.05) is 18.0 Å². The van der Waals surface area contributed by atoms with Crippen molar-refractivity contribution in [2.45, 2.75) is 25.7 Å². The number of alkyl halides is 3. The molecule has 2 N–H and O–H groups in total. The molecule has 2 aromatic rings. The van der Waals surface area contributed by atoms with Gasteiger partial charge in [0.15, 0.2) is 17.5 Å². The number of rotatable bonds is 4. The molecule has 0 radical (unpaired) electrons. The number of halogens is 4. The van der Waals surface area contributed by atoms with Crippen molar-refractivity contribution in [1.29, 1.82) is 0 Å². The van der Waals surface area contributed by atoms with E-state index < -0.39 is 47.8 Å². The molecule has 1 aliphatic rings. The molecule has 27 heavy (non-hydrogen) atoms. The predicted molar refractivity (Wildman–Crippen MR) is 83.1 cm³/mol. The molecular weight excluding hydrogens is 376 g/mol. The van der Waals surface area contributed by atoms with Gasteiger partial charge in [-0.1, -0.05) is 0 Å². The van der Waals surface area contributed by atoms with Crippen molar-refractivity contribution in [3.63, 3.8) is 0 Å². The van der Waals surface area contributed by atoms with Crippen LogP contribution in [-0.4, -0.2) is 41.9 Å². The first-order valence-electron chi connectivity index (χ1n) is 7.78. The molecule has 0 aliphatic carbocycles. The Kier molecular flexibility index (Phi) is 4.57. The minimum absolute atomic E-state index is 0.0512. The van der Waals surface area contributed by atoms with Crippen LogP contribution in [0.15, 0.2) is 21.5 Å². The summed E-state index contributed by atoms with van der Waals surface area (Å²) in [5.41, 5.74) is 3.94. The molecule has 1 aliphatic heterocycles. The number of nitrogens with zero attached hydrogens (tertiary/aromatic N) is 3. The van der Waals surface area contributed by atoms with E-state index in [0.29, 0.717) is 4.57 Å². The number of hydrogen-bond donors (Lipinski definition) is 1. The summed E-state index contributed by atoms with van der Waals surface area (Å²) in [6.07, 6.45) is -6.78. The Labute approximate surface area is 148 Å². The van der Waals surface area contributed by atoms with Gasteiger partial charge in [0.1, 0.15) is 12.1 Å². The average Bonchev–Trinajstić information content (AvgIpc) is 3.08. The largest absolute Gasteiger partial charge is 0.434 e. The number of hydrogen-bond acceptors (Lipinski definition) is 5. The normalized spacial score (nSPS) is 18.4. The fourth-order valence-electron chi connectivity index (χ4n) is 2.71. The Morgan fingerprint density at radius 2 is 2.11 bits per heavy atom. The van der Waals surface area contributed by atoms with Gasteiger partial charge in [-0.25, -0.2) is 14.2 Å². The Morgan fingerprint density at radius 1 is 1.41 bits per heavy atom. The molecule has 1 fully saturated rings. The molecule has 12 heteroatoms. The Balaban J connectivity index is 2.12. The van der Waals surface area contributed by atoms with Gasteiger partial charge in [0, 0.05) is 18.7 Å². The monoisotopic (exact) mass is 390 g/mol. The van der Waals surface area contributed by atoms with Crippen molar-refractivity contribution in [1.82, 2.24) is 4.57 Å². The molecule has 2 heterocycles. The van der Waals surface area contributed by atoms with Gasteiger partial charge in [0.25, 0.3) is 11.6 Å². The number of aromatic nitrogens is 1. The summed E-state index contributed by atoms with van der Waals surface area (Å²) in [5.74, 6) is -1.93. The van der Waals surface area contributed by atoms with Crippen LogP contribution in [0.25, 0.3) is 11.1 Å². The van der Waals surface area contributed by atoms with Gasteiger partial charge in [0.05, 0.1) is 12.2 Å². The van der Waals surface area contributed by atoms with Crippen molar-refractivity contribution >= 4 is 28.8 Å². The van der Waals surface area contributed by atoms with Crippen molar-refractivity contribution < 1.29 is 36.3 Å². The Bertz CT molecular complexity index is 979. The molecule has 1 atom stereocenters. The number of benzene rings is 1. The number of fused-ring (bicyclic) bond motifs is 1. The summed E-state index contributed by atoms with van der Waals surface area (Å²) >= 11 is 0. The molecular formula is C15H14F4N4O4. The fraction of sp³-hybridized carbons (Fsp3) is 0.400. The van der Waals surface area contributed by atoms with Crippen LogP contribution in [-0.2, 0) is 16.1 Å². The van der Waals surface area contributed by atoms with Gasteiger partial charge in [-0.05, 0) is 6.92 Å². The van der Waals surface area contributed by atoms with Gasteiger partial charge in [-0.2, -0.15) is 13.2 Å². The van der Waals surface area contributed by atoms with Crippen LogP contribution in [0.1, 0.15) is 6.92 Å². The standard InChI is InChI=1S/C15H14F4N4O4/c1-2-21-13-23(6-15(17,18)19)11-8(16)3-7(4-9(11)26-13)22-5-10(12(20)24)27-14(22)25/h3-4,10H,2,5-6H2,1H3,(H2,20,24)/b21-13-/t10-/m1/s1. The molecule has 0 unspecified atom stereocenters. The zero-order valence-corrected chi connectivity index (χ0v) is 13.9. The number of primary amides is 1. The van der Waals surface area contributed by atoms with E-state index in [-0.39, 0.29) is 24.4 Å². The van der Waals surface area contributed by atoms with Crippen molar-refractivity contribution in [3.8, 4) is 0 Å². The van der Waals surface area contributed by atoms with Gasteiger partial charge in [0.2, 0.25) is 0 Å². The number of cyclic esters (lactones) is 1. The molecule has 1 saturated heterocycles. The lowest BCUT2D eigenvalue weighted by atomic mass is 10.2. The number of oxazole rings is 1. The fourth-order valence-corrected chi connectivity index (χ4v) is 2.71. The summed E-state index contributed by atoms with van der Waals surface area (Å²) in [4.78, 5) is 27.8. The summed E-state index contributed by atoms with van der Waals surface area (Å²) < 4.78 is 63.8. The van der Waals surface area contributed by atoms with Gasteiger partial charge < -0.3 is 14.9 Å². The Morgan fingerprint density at radius 3 is 2.67 bits per heavy atom. The summed E-state index contributed by atoms with van der Waals surface area (Å²) in [7, 11) is 0. The highest BCUT2D eigenvalue weighted by atomic mass is 19.4. The third-order valence-corrected chi connectivity index (χ3v) is 3.79. The van der Waals surface area contributed by atoms with Crippen LogP contribution in [0.2, 0.25) is 0 Å². The van der Waals surface area contributed by atoms with E-state index in [0.717, 1.165) is 11.0 Å². The average molecular weight is 390 g/mol. The van der Waals surface area contributed by atoms with Gasteiger partial charge >= 0.3 is 12.3 Å². The maximum absolute atomic E-state index is 14.6. The van der Waals surface area contributed by atoms with Crippen LogP contribution >= 0.6 is 0 Å². The summed E-state index contributed by atoms with van der Waals surface area (Å²) in [6.45, 7) is -0.0544. The molecule has 0 saturated carbocycles. The van der Waals surface area contributed by atoms with Crippen LogP contribution in [0.3, 0.4) is 0 Å². The van der Waals surface area contributed by atoms with Crippen molar-refractivity contribution in [3.05, 3.63) is 23.6 Å². The smallest absolute Gasteiger partial charge is 0.415 e. The zero-order chi connectivity index (χ0) is 19.9. The minimum atomic E-state index is -4.63. The molecule has 146 valence electrons. The summed E-state index contributed by atoms with van der Waals surface area (Å²) in [5, 5.41) is 0. The maximum atomic E-state index is 14.6. The number of carbonyl (C=O) groups is 2. The second-order valence-corrected chi connectivity index (χ2v) is 5.72. The zero-order valence-electron chi connectivity index (χ0n) is 13.9. The number of amides is 2. The third kappa shape index (κ3) is 3.59. The molecule has 1 aromatic carbocycles. The lowest BCUT2D eigenvalue weighted by Gasteiger charge is -2.13. The maximum Gasteiger partial charge on any atom is 0.415 e. The first-order valence-corrected chi connectivity index (χ1v) is 7.78. The quantitative estimate of drug-likeness (QED) is 0.802. The van der Waals surface area contributed by atoms with E-state index in [1.807, 2.05) is 0 Å². The SMILES string of the molecule is CC/N=c1\oc2cc(N3C[C@H](C(N)=O)OC3=O)cc(F)c2n1CC(F)(F)F. The molecule has 8 nitrogen and oxygen atoms in total. The molecule has 1 aromatic heterocycles. The summed E-state index contributed by atoms with van der Waals surface area (Å²) in [6, 6.07) is 2.02. The molecule has 3 rings (SSSR count). The topological polar surface area (TPSA) is 103 Å². The first kappa shape index (κ1) is 18.7. The van der Waals surface area contributed by atoms with E-state index in [2.05, 4.69) is 4.99 Å². The number of carbonyl (C=O) groups excluding carboxylic acids is 2. The van der Waals surface area contributed by atoms with Crippen LogP contribution in [0.4, 0.5) is 28.0 Å². The number of anilines is 1. The van der Waals surface area contributed by atoms with E-state index in [1.165, 1.54) is 6.07 Å². The van der Waals surface area contributed by atoms with Crippen LogP contribution in [0, 0.1) is 5.82 Å². The van der Waals surface area contributed by atoms with E-state index in [9.17, 15) is 27.2 Å². The van der Waals surface area contributed by atoms with Crippen LogP contribution < -0.4 is 16.3 Å². The first-order chi connectivity index (χ1) is 12.6. The third-order valence-electron chi connectivity index (χ3n) is 3.79. The lowest BCUT2D eigenvalue weighted by molar-refractivity contribution is -0.141. The van der Waals surface area contributed by atoms with Crippen molar-refractivity contribution in [2.24, 2.45) is 10.7 Å². The van der Waals surface area contributed by atoms with Gasteiger partial charge in [-0.15, -0.1) is 0 Å². The minimum Gasteiger partial charge on any atom is -0.434 e. The number of ether oxygens (including phenoxy) is 1. The molecule has 2 amide bonds. The molecule has 0 spiro atoms. The number of nitrogens with two attached hydrogens (primary N) is 1. The van der Waals surface area contributed by atoms with E-state index in [1.54, 1.807) is 6.92 Å². The highest BCUT2D eigenvalue weighted by Crippen LogP contribution is 2.29. The van der Waals surface area contributed by atoms with E-state index in [4.69, 9.17) is 14.9 Å². The molecule has 0 bridgehead atoms. The predicted octanol–water partition coefficient (Wildman–Crippen LogP) is 1.67. The second-order valence-electron chi connectivity index (χ2n) is 5.72. The highest BCUT2D eigenvalue weighted by molar-refractivity contribution is 5.96. The second kappa shape index (κ2) is 6.59. The lowest BCUT2D eigenvalue weighted by Crippen LogP contribution is -2.32. The van der Waals surface area contributed by atoms with Crippen LogP contribution in [0.5, 0.6) is 0 Å².